The molecule has 30 heavy (non-hydrogen) atoms. The maximum Gasteiger partial charge on any atom is 0.336 e. The van der Waals surface area contributed by atoms with Gasteiger partial charge in [0.1, 0.15) is 22.9 Å². The van der Waals surface area contributed by atoms with Crippen LogP contribution in [0, 0.1) is 5.82 Å². The van der Waals surface area contributed by atoms with Crippen molar-refractivity contribution in [2.24, 2.45) is 0 Å². The Labute approximate surface area is 172 Å². The van der Waals surface area contributed by atoms with Crippen LogP contribution < -0.4 is 15.1 Å². The van der Waals surface area contributed by atoms with Crippen molar-refractivity contribution in [3.63, 3.8) is 0 Å². The van der Waals surface area contributed by atoms with Gasteiger partial charge >= 0.3 is 5.63 Å². The first-order chi connectivity index (χ1) is 14.6. The molecule has 0 amide bonds. The van der Waals surface area contributed by atoms with Crippen molar-refractivity contribution in [3.8, 4) is 22.6 Å². The van der Waals surface area contributed by atoms with Crippen LogP contribution in [0.3, 0.4) is 0 Å². The summed E-state index contributed by atoms with van der Waals surface area (Å²) in [4.78, 5) is 12.2. The smallest absolute Gasteiger partial charge is 0.336 e. The van der Waals surface area contributed by atoms with Gasteiger partial charge in [0.25, 0.3) is 0 Å². The summed E-state index contributed by atoms with van der Waals surface area (Å²) in [5.74, 6) is 0.820. The second-order valence-corrected chi connectivity index (χ2v) is 6.69. The molecule has 0 fully saturated rings. The molecule has 1 aromatic heterocycles. The lowest BCUT2D eigenvalue weighted by Gasteiger charge is -2.12. The molecule has 0 unspecified atom stereocenters. The summed E-state index contributed by atoms with van der Waals surface area (Å²) in [5, 5.41) is 0.692. The van der Waals surface area contributed by atoms with Gasteiger partial charge in [-0.25, -0.2) is 9.18 Å². The summed E-state index contributed by atoms with van der Waals surface area (Å²) >= 11 is 0. The van der Waals surface area contributed by atoms with E-state index >= 15 is 0 Å². The summed E-state index contributed by atoms with van der Waals surface area (Å²) in [7, 11) is 3.10. The van der Waals surface area contributed by atoms with Gasteiger partial charge < -0.3 is 13.9 Å². The first-order valence-corrected chi connectivity index (χ1v) is 9.31. The van der Waals surface area contributed by atoms with Gasteiger partial charge in [0.05, 0.1) is 19.6 Å². The molecule has 0 aliphatic rings. The summed E-state index contributed by atoms with van der Waals surface area (Å²) < 4.78 is 29.3. The molecule has 3 aromatic carbocycles. The Bertz CT molecular complexity index is 1290. The molecular weight excluding hydrogens is 383 g/mol. The van der Waals surface area contributed by atoms with E-state index in [1.54, 1.807) is 38.5 Å². The minimum atomic E-state index is -0.458. The third kappa shape index (κ3) is 3.96. The SMILES string of the molecule is COc1cc(OC)c2c(-c3cccc(/C=C/c4ccc(F)cc4)c3)cc(=O)oc2c1. The lowest BCUT2D eigenvalue weighted by molar-refractivity contribution is 0.396. The van der Waals surface area contributed by atoms with Gasteiger partial charge in [-0.15, -0.1) is 0 Å². The Morgan fingerprint density at radius 3 is 2.37 bits per heavy atom. The molecule has 0 atom stereocenters. The molecule has 5 heteroatoms. The highest BCUT2D eigenvalue weighted by Crippen LogP contribution is 2.37. The van der Waals surface area contributed by atoms with Crippen molar-refractivity contribution in [2.75, 3.05) is 14.2 Å². The van der Waals surface area contributed by atoms with Crippen LogP contribution in [0.25, 0.3) is 34.2 Å². The molecule has 0 bridgehead atoms. The van der Waals surface area contributed by atoms with Crippen molar-refractivity contribution in [2.45, 2.75) is 0 Å². The van der Waals surface area contributed by atoms with Crippen LogP contribution in [-0.2, 0) is 0 Å². The molecule has 4 nitrogen and oxygen atoms in total. The average molecular weight is 402 g/mol. The molecule has 0 radical (unpaired) electrons. The number of ether oxygens (including phenoxy) is 2. The van der Waals surface area contributed by atoms with Gasteiger partial charge in [-0.1, -0.05) is 42.5 Å². The molecule has 0 aliphatic carbocycles. The number of hydrogen-bond donors (Lipinski definition) is 0. The van der Waals surface area contributed by atoms with Gasteiger partial charge in [-0.2, -0.15) is 0 Å². The largest absolute Gasteiger partial charge is 0.496 e. The monoisotopic (exact) mass is 402 g/mol. The predicted molar refractivity (Wildman–Crippen MR) is 116 cm³/mol. The summed E-state index contributed by atoms with van der Waals surface area (Å²) in [6.45, 7) is 0. The van der Waals surface area contributed by atoms with E-state index < -0.39 is 5.63 Å². The van der Waals surface area contributed by atoms with Crippen LogP contribution in [0.15, 0.2) is 75.9 Å². The van der Waals surface area contributed by atoms with Crippen molar-refractivity contribution >= 4 is 23.1 Å². The van der Waals surface area contributed by atoms with Crippen LogP contribution in [0.1, 0.15) is 11.1 Å². The predicted octanol–water partition coefficient (Wildman–Crippen LogP) is 5.79. The number of fused-ring (bicyclic) bond motifs is 1. The zero-order valence-electron chi connectivity index (χ0n) is 16.5. The van der Waals surface area contributed by atoms with E-state index in [-0.39, 0.29) is 5.82 Å². The molecule has 0 saturated carbocycles. The Balaban J connectivity index is 1.82. The van der Waals surface area contributed by atoms with Crippen LogP contribution in [0.4, 0.5) is 4.39 Å². The normalized spacial score (nSPS) is 11.2. The fourth-order valence-corrected chi connectivity index (χ4v) is 3.32. The van der Waals surface area contributed by atoms with Crippen molar-refractivity contribution in [1.82, 2.24) is 0 Å². The molecule has 4 rings (SSSR count). The zero-order chi connectivity index (χ0) is 21.1. The van der Waals surface area contributed by atoms with Gasteiger partial charge in [0.15, 0.2) is 0 Å². The fraction of sp³-hybridized carbons (Fsp3) is 0.0800. The van der Waals surface area contributed by atoms with E-state index in [1.807, 2.05) is 36.4 Å². The number of rotatable bonds is 5. The quantitative estimate of drug-likeness (QED) is 0.313. The maximum absolute atomic E-state index is 13.1. The van der Waals surface area contributed by atoms with E-state index in [1.165, 1.54) is 18.2 Å². The fourth-order valence-electron chi connectivity index (χ4n) is 3.32. The Morgan fingerprint density at radius 1 is 0.867 bits per heavy atom. The van der Waals surface area contributed by atoms with E-state index in [0.717, 1.165) is 16.7 Å². The van der Waals surface area contributed by atoms with Gasteiger partial charge in [0, 0.05) is 23.8 Å². The second kappa shape index (κ2) is 8.25. The summed E-state index contributed by atoms with van der Waals surface area (Å²) in [6.07, 6.45) is 3.84. The minimum absolute atomic E-state index is 0.269. The van der Waals surface area contributed by atoms with Crippen LogP contribution in [0.2, 0.25) is 0 Å². The number of halogens is 1. The molecule has 1 heterocycles. The maximum atomic E-state index is 13.1. The summed E-state index contributed by atoms with van der Waals surface area (Å²) in [6, 6.07) is 18.9. The van der Waals surface area contributed by atoms with E-state index in [4.69, 9.17) is 13.9 Å². The average Bonchev–Trinajstić information content (AvgIpc) is 2.77. The lowest BCUT2D eigenvalue weighted by atomic mass is 9.99. The topological polar surface area (TPSA) is 48.7 Å². The number of methoxy groups -OCH3 is 2. The standard InChI is InChI=1S/C25H19FO4/c1-28-20-13-22(29-2)25-21(15-24(27)30-23(25)14-20)18-5-3-4-17(12-18)7-6-16-8-10-19(26)11-9-16/h3-15H,1-2H3/b7-6+. The highest BCUT2D eigenvalue weighted by Gasteiger charge is 2.15. The third-order valence-electron chi connectivity index (χ3n) is 4.77. The van der Waals surface area contributed by atoms with Gasteiger partial charge in [-0.3, -0.25) is 0 Å². The molecule has 4 aromatic rings. The lowest BCUT2D eigenvalue weighted by Crippen LogP contribution is -2.00. The Morgan fingerprint density at radius 2 is 1.63 bits per heavy atom. The van der Waals surface area contributed by atoms with Gasteiger partial charge in [-0.05, 0) is 34.9 Å². The number of benzene rings is 3. The summed E-state index contributed by atoms with van der Waals surface area (Å²) in [5.41, 5.74) is 3.31. The minimum Gasteiger partial charge on any atom is -0.496 e. The molecule has 0 saturated heterocycles. The highest BCUT2D eigenvalue weighted by atomic mass is 19.1. The van der Waals surface area contributed by atoms with Crippen LogP contribution in [-0.4, -0.2) is 14.2 Å². The Kier molecular flexibility index (Phi) is 5.35. The van der Waals surface area contributed by atoms with E-state index in [2.05, 4.69) is 0 Å². The molecule has 0 spiro atoms. The van der Waals surface area contributed by atoms with Crippen molar-refractivity contribution < 1.29 is 18.3 Å². The van der Waals surface area contributed by atoms with E-state index in [9.17, 15) is 9.18 Å². The van der Waals surface area contributed by atoms with Crippen molar-refractivity contribution in [3.05, 3.63) is 94.1 Å². The third-order valence-corrected chi connectivity index (χ3v) is 4.77. The van der Waals surface area contributed by atoms with Crippen LogP contribution >= 0.6 is 0 Å². The van der Waals surface area contributed by atoms with E-state index in [0.29, 0.717) is 28.0 Å². The highest BCUT2D eigenvalue weighted by molar-refractivity contribution is 5.99. The Hall–Kier alpha value is -3.86. The second-order valence-electron chi connectivity index (χ2n) is 6.69. The molecular formula is C25H19FO4. The van der Waals surface area contributed by atoms with Crippen LogP contribution in [0.5, 0.6) is 11.5 Å². The van der Waals surface area contributed by atoms with Gasteiger partial charge in [0.2, 0.25) is 0 Å². The number of hydrogen-bond acceptors (Lipinski definition) is 4. The zero-order valence-corrected chi connectivity index (χ0v) is 16.5. The first-order valence-electron chi connectivity index (χ1n) is 9.31. The van der Waals surface area contributed by atoms with Crippen molar-refractivity contribution in [1.29, 1.82) is 0 Å². The molecule has 0 aliphatic heterocycles. The molecule has 0 N–H and O–H groups in total. The first kappa shape index (κ1) is 19.5. The molecule has 150 valence electrons.